The average molecular weight is 517 g/mol. The standard InChI is InChI=1S/C25H26Cl2N4O4/c1-28-22(33)25(23(34)29(2)24(28)35,10-17-18(26)5-3-6-19(17)27)14-30-11-15-9-16(13-30)20-7-4-8-21(32)31(20)12-15/h3-8,15-16H,9-14H2,1-2H3/t15-,16-/m1/s1. The summed E-state index contributed by atoms with van der Waals surface area (Å²) < 4.78 is 1.84. The Labute approximate surface area is 213 Å². The van der Waals surface area contributed by atoms with Crippen molar-refractivity contribution in [2.45, 2.75) is 25.3 Å². The predicted octanol–water partition coefficient (Wildman–Crippen LogP) is 2.85. The fourth-order valence-electron chi connectivity index (χ4n) is 5.98. The molecule has 0 radical (unpaired) electrons. The third-order valence-corrected chi connectivity index (χ3v) is 8.30. The molecule has 2 fully saturated rings. The number of aromatic nitrogens is 1. The molecule has 2 atom stereocenters. The molecule has 1 aromatic carbocycles. The number of hydrogen-bond donors (Lipinski definition) is 0. The largest absolute Gasteiger partial charge is 0.332 e. The van der Waals surface area contributed by atoms with E-state index < -0.39 is 23.3 Å². The van der Waals surface area contributed by atoms with Crippen LogP contribution < -0.4 is 5.56 Å². The number of imide groups is 2. The van der Waals surface area contributed by atoms with E-state index in [1.165, 1.54) is 14.1 Å². The molecule has 1 aromatic heterocycles. The zero-order valence-electron chi connectivity index (χ0n) is 19.5. The van der Waals surface area contributed by atoms with E-state index in [1.807, 2.05) is 10.6 Å². The lowest BCUT2D eigenvalue weighted by molar-refractivity contribution is -0.159. The number of benzene rings is 1. The molecule has 0 unspecified atom stereocenters. The molecule has 3 aliphatic heterocycles. The number of piperidine rings is 1. The van der Waals surface area contributed by atoms with E-state index in [0.29, 0.717) is 35.2 Å². The number of amides is 4. The smallest absolute Gasteiger partial charge is 0.312 e. The number of hydrogen-bond acceptors (Lipinski definition) is 5. The maximum Gasteiger partial charge on any atom is 0.332 e. The maximum atomic E-state index is 13.7. The predicted molar refractivity (Wildman–Crippen MR) is 132 cm³/mol. The highest BCUT2D eigenvalue weighted by Crippen LogP contribution is 2.41. The molecule has 10 heteroatoms. The molecule has 35 heavy (non-hydrogen) atoms. The molecule has 0 aliphatic carbocycles. The van der Waals surface area contributed by atoms with Gasteiger partial charge in [-0.3, -0.25) is 24.2 Å². The van der Waals surface area contributed by atoms with Gasteiger partial charge in [-0.25, -0.2) is 4.79 Å². The summed E-state index contributed by atoms with van der Waals surface area (Å²) in [5.74, 6) is -0.792. The first kappa shape index (κ1) is 24.0. The van der Waals surface area contributed by atoms with Gasteiger partial charge in [0.05, 0.1) is 0 Å². The summed E-state index contributed by atoms with van der Waals surface area (Å²) in [6.07, 6.45) is 0.927. The first-order valence-electron chi connectivity index (χ1n) is 11.6. The minimum absolute atomic E-state index is 0.00474. The first-order chi connectivity index (χ1) is 16.6. The van der Waals surface area contributed by atoms with Crippen molar-refractivity contribution in [2.24, 2.45) is 11.3 Å². The Balaban J connectivity index is 1.54. The molecule has 4 heterocycles. The fourth-order valence-corrected chi connectivity index (χ4v) is 6.52. The van der Waals surface area contributed by atoms with Gasteiger partial charge < -0.3 is 9.47 Å². The SMILES string of the molecule is CN1C(=O)N(C)C(=O)C(Cc2c(Cl)cccc2Cl)(CN2C[C@H]3C[C@H](C2)c2cccc(=O)n2C3)C1=O. The van der Waals surface area contributed by atoms with Gasteiger partial charge in [-0.15, -0.1) is 0 Å². The van der Waals surface area contributed by atoms with Gasteiger partial charge in [0.25, 0.3) is 5.56 Å². The maximum absolute atomic E-state index is 13.7. The highest BCUT2D eigenvalue weighted by atomic mass is 35.5. The number of fused-ring (bicyclic) bond motifs is 4. The number of halogens is 2. The number of rotatable bonds is 4. The van der Waals surface area contributed by atoms with E-state index in [1.54, 1.807) is 30.3 Å². The molecule has 5 rings (SSSR count). The molecule has 0 saturated carbocycles. The Hall–Kier alpha value is -2.68. The van der Waals surface area contributed by atoms with Crippen LogP contribution in [-0.2, 0) is 22.6 Å². The molecule has 8 nitrogen and oxygen atoms in total. The summed E-state index contributed by atoms with van der Waals surface area (Å²) in [5, 5.41) is 0.729. The van der Waals surface area contributed by atoms with Gasteiger partial charge in [0, 0.05) is 68.0 Å². The van der Waals surface area contributed by atoms with Gasteiger partial charge in [-0.2, -0.15) is 0 Å². The Morgan fingerprint density at radius 3 is 2.17 bits per heavy atom. The van der Waals surface area contributed by atoms with Gasteiger partial charge in [0.15, 0.2) is 0 Å². The van der Waals surface area contributed by atoms with E-state index in [4.69, 9.17) is 23.2 Å². The van der Waals surface area contributed by atoms with Crippen LogP contribution in [0.25, 0.3) is 0 Å². The number of carbonyl (C=O) groups is 3. The van der Waals surface area contributed by atoms with Crippen LogP contribution in [0.1, 0.15) is 23.6 Å². The van der Waals surface area contributed by atoms with Gasteiger partial charge in [0.2, 0.25) is 11.8 Å². The monoisotopic (exact) mass is 516 g/mol. The lowest BCUT2D eigenvalue weighted by Gasteiger charge is -2.48. The van der Waals surface area contributed by atoms with Gasteiger partial charge in [-0.1, -0.05) is 35.3 Å². The normalized spacial score (nSPS) is 24.1. The van der Waals surface area contributed by atoms with Crippen molar-refractivity contribution in [1.82, 2.24) is 19.3 Å². The third kappa shape index (κ3) is 3.88. The van der Waals surface area contributed by atoms with Crippen molar-refractivity contribution in [3.05, 3.63) is 68.1 Å². The van der Waals surface area contributed by atoms with Crippen LogP contribution in [0.4, 0.5) is 4.79 Å². The van der Waals surface area contributed by atoms with Gasteiger partial charge in [-0.05, 0) is 42.5 Å². The number of urea groups is 1. The van der Waals surface area contributed by atoms with Crippen LogP contribution in [0.2, 0.25) is 10.0 Å². The van der Waals surface area contributed by atoms with Gasteiger partial charge in [0.1, 0.15) is 5.41 Å². The molecule has 4 amide bonds. The molecular weight excluding hydrogens is 491 g/mol. The second-order valence-electron chi connectivity index (χ2n) is 9.86. The minimum atomic E-state index is -1.56. The van der Waals surface area contributed by atoms with Crippen molar-refractivity contribution < 1.29 is 14.4 Å². The summed E-state index contributed by atoms with van der Waals surface area (Å²) in [6.45, 7) is 1.96. The summed E-state index contributed by atoms with van der Waals surface area (Å²) >= 11 is 12.9. The molecule has 2 aromatic rings. The molecule has 3 aliphatic rings. The van der Waals surface area contributed by atoms with E-state index in [2.05, 4.69) is 4.90 Å². The topological polar surface area (TPSA) is 82.9 Å². The molecule has 0 spiro atoms. The van der Waals surface area contributed by atoms with Crippen molar-refractivity contribution >= 4 is 41.0 Å². The molecular formula is C25H26Cl2N4O4. The van der Waals surface area contributed by atoms with Crippen LogP contribution in [0.15, 0.2) is 41.2 Å². The number of barbiturate groups is 1. The molecule has 0 N–H and O–H groups in total. The highest BCUT2D eigenvalue weighted by molar-refractivity contribution is 6.36. The number of likely N-dealkylation sites (tertiary alicyclic amines) is 1. The van der Waals surface area contributed by atoms with Crippen molar-refractivity contribution in [1.29, 1.82) is 0 Å². The Bertz CT molecular complexity index is 1250. The van der Waals surface area contributed by atoms with Gasteiger partial charge >= 0.3 is 6.03 Å². The van der Waals surface area contributed by atoms with Crippen LogP contribution in [0.3, 0.4) is 0 Å². The summed E-state index contributed by atoms with van der Waals surface area (Å²) in [5.41, 5.74) is -0.0846. The van der Waals surface area contributed by atoms with Crippen molar-refractivity contribution in [3.63, 3.8) is 0 Å². The van der Waals surface area contributed by atoms with E-state index >= 15 is 0 Å². The average Bonchev–Trinajstić information content (AvgIpc) is 2.83. The van der Waals surface area contributed by atoms with E-state index in [9.17, 15) is 19.2 Å². The molecule has 2 saturated heterocycles. The summed E-state index contributed by atoms with van der Waals surface area (Å²) in [6, 6.07) is 9.72. The van der Waals surface area contributed by atoms with Crippen LogP contribution in [0.5, 0.6) is 0 Å². The van der Waals surface area contributed by atoms with Crippen LogP contribution in [-0.4, -0.2) is 70.8 Å². The van der Waals surface area contributed by atoms with Crippen molar-refractivity contribution in [2.75, 3.05) is 33.7 Å². The summed E-state index contributed by atoms with van der Waals surface area (Å²) in [7, 11) is 2.79. The Morgan fingerprint density at radius 2 is 1.51 bits per heavy atom. The zero-order valence-corrected chi connectivity index (χ0v) is 21.1. The fraction of sp³-hybridized carbons (Fsp3) is 0.440. The highest BCUT2D eigenvalue weighted by Gasteiger charge is 2.57. The van der Waals surface area contributed by atoms with Crippen molar-refractivity contribution in [3.8, 4) is 0 Å². The third-order valence-electron chi connectivity index (χ3n) is 7.59. The second kappa shape index (κ2) is 8.76. The second-order valence-corrected chi connectivity index (χ2v) is 10.7. The number of nitrogens with zero attached hydrogens (tertiary/aromatic N) is 4. The van der Waals surface area contributed by atoms with Crippen LogP contribution >= 0.6 is 23.2 Å². The lowest BCUT2D eigenvalue weighted by atomic mass is 9.75. The lowest BCUT2D eigenvalue weighted by Crippen LogP contribution is -2.67. The Morgan fingerprint density at radius 1 is 0.886 bits per heavy atom. The number of carbonyl (C=O) groups excluding carboxylic acids is 3. The minimum Gasteiger partial charge on any atom is -0.312 e. The van der Waals surface area contributed by atoms with Crippen LogP contribution in [0, 0.1) is 11.3 Å². The zero-order chi connectivity index (χ0) is 25.1. The van der Waals surface area contributed by atoms with E-state index in [-0.39, 0.29) is 30.4 Å². The Kier molecular flexibility index (Phi) is 6.02. The summed E-state index contributed by atoms with van der Waals surface area (Å²) in [4.78, 5) is 56.5. The molecule has 184 valence electrons. The van der Waals surface area contributed by atoms with E-state index in [0.717, 1.165) is 21.9 Å². The quantitative estimate of drug-likeness (QED) is 0.583. The first-order valence-corrected chi connectivity index (χ1v) is 12.3. The number of pyridine rings is 1. The molecule has 2 bridgehead atoms.